The molecular weight excluding hydrogens is 388 g/mol. The Hall–Kier alpha value is -2.35. The SMILES string of the molecule is C=CCNC(=O)c1ccc(OC)c(CN(C)S(=O)(=O)c2ccc(Cl)cc2)c1. The summed E-state index contributed by atoms with van der Waals surface area (Å²) in [5.74, 6) is 0.218. The molecule has 0 aromatic heterocycles. The number of amides is 1. The van der Waals surface area contributed by atoms with E-state index in [9.17, 15) is 13.2 Å². The average Bonchev–Trinajstić information content (AvgIpc) is 2.66. The van der Waals surface area contributed by atoms with Crippen LogP contribution < -0.4 is 10.1 Å². The summed E-state index contributed by atoms with van der Waals surface area (Å²) in [6, 6.07) is 10.8. The fourth-order valence-corrected chi connectivity index (χ4v) is 3.70. The van der Waals surface area contributed by atoms with Gasteiger partial charge in [-0.2, -0.15) is 4.31 Å². The third kappa shape index (κ3) is 5.09. The van der Waals surface area contributed by atoms with Gasteiger partial charge in [0, 0.05) is 36.3 Å². The van der Waals surface area contributed by atoms with Gasteiger partial charge in [0.05, 0.1) is 12.0 Å². The van der Waals surface area contributed by atoms with Crippen molar-refractivity contribution in [3.63, 3.8) is 0 Å². The van der Waals surface area contributed by atoms with E-state index in [1.54, 1.807) is 24.3 Å². The first-order chi connectivity index (χ1) is 12.8. The number of benzene rings is 2. The zero-order valence-corrected chi connectivity index (χ0v) is 16.7. The van der Waals surface area contributed by atoms with Crippen LogP contribution in [0.15, 0.2) is 60.0 Å². The number of halogens is 1. The number of hydrogen-bond donors (Lipinski definition) is 1. The van der Waals surface area contributed by atoms with E-state index in [2.05, 4.69) is 11.9 Å². The topological polar surface area (TPSA) is 75.7 Å². The Morgan fingerprint density at radius 1 is 1.26 bits per heavy atom. The molecule has 2 aromatic rings. The fourth-order valence-electron chi connectivity index (χ4n) is 2.42. The summed E-state index contributed by atoms with van der Waals surface area (Å²) < 4.78 is 32.0. The Bertz CT molecular complexity index is 927. The largest absolute Gasteiger partial charge is 0.496 e. The molecule has 0 aliphatic rings. The van der Waals surface area contributed by atoms with Crippen molar-refractivity contribution in [1.82, 2.24) is 9.62 Å². The number of sulfonamides is 1. The highest BCUT2D eigenvalue weighted by atomic mass is 35.5. The molecule has 2 aromatic carbocycles. The van der Waals surface area contributed by atoms with Crippen molar-refractivity contribution < 1.29 is 17.9 Å². The van der Waals surface area contributed by atoms with Crippen LogP contribution in [0.25, 0.3) is 0 Å². The van der Waals surface area contributed by atoms with Gasteiger partial charge in [0.1, 0.15) is 5.75 Å². The molecule has 0 saturated carbocycles. The molecule has 0 bridgehead atoms. The van der Waals surface area contributed by atoms with Gasteiger partial charge in [-0.15, -0.1) is 6.58 Å². The summed E-state index contributed by atoms with van der Waals surface area (Å²) >= 11 is 5.82. The number of hydrogen-bond acceptors (Lipinski definition) is 4. The van der Waals surface area contributed by atoms with E-state index < -0.39 is 10.0 Å². The van der Waals surface area contributed by atoms with Crippen molar-refractivity contribution >= 4 is 27.5 Å². The Morgan fingerprint density at radius 2 is 1.93 bits per heavy atom. The Morgan fingerprint density at radius 3 is 2.52 bits per heavy atom. The van der Waals surface area contributed by atoms with Crippen LogP contribution in [0.2, 0.25) is 5.02 Å². The van der Waals surface area contributed by atoms with E-state index in [0.29, 0.717) is 28.4 Å². The molecule has 0 radical (unpaired) electrons. The van der Waals surface area contributed by atoms with Gasteiger partial charge in [0.15, 0.2) is 0 Å². The monoisotopic (exact) mass is 408 g/mol. The molecule has 27 heavy (non-hydrogen) atoms. The molecule has 0 atom stereocenters. The Balaban J connectivity index is 2.29. The first kappa shape index (κ1) is 21.0. The highest BCUT2D eigenvalue weighted by Gasteiger charge is 2.22. The van der Waals surface area contributed by atoms with Gasteiger partial charge in [0.2, 0.25) is 10.0 Å². The summed E-state index contributed by atoms with van der Waals surface area (Å²) in [5.41, 5.74) is 0.980. The maximum absolute atomic E-state index is 12.8. The molecule has 0 saturated heterocycles. The van der Waals surface area contributed by atoms with Gasteiger partial charge in [-0.1, -0.05) is 17.7 Å². The third-order valence-electron chi connectivity index (χ3n) is 3.86. The van der Waals surface area contributed by atoms with Crippen LogP contribution in [0.3, 0.4) is 0 Å². The molecule has 1 amide bonds. The predicted molar refractivity (Wildman–Crippen MR) is 106 cm³/mol. The lowest BCUT2D eigenvalue weighted by Crippen LogP contribution is -2.27. The summed E-state index contributed by atoms with van der Waals surface area (Å²) in [7, 11) is -0.765. The minimum atomic E-state index is -3.72. The molecule has 0 fully saturated rings. The molecule has 1 N–H and O–H groups in total. The molecule has 0 spiro atoms. The lowest BCUT2D eigenvalue weighted by molar-refractivity contribution is 0.0958. The van der Waals surface area contributed by atoms with Crippen molar-refractivity contribution in [3.05, 3.63) is 71.3 Å². The van der Waals surface area contributed by atoms with Crippen LogP contribution in [-0.2, 0) is 16.6 Å². The summed E-state index contributed by atoms with van der Waals surface area (Å²) in [6.45, 7) is 3.93. The molecule has 6 nitrogen and oxygen atoms in total. The number of carbonyl (C=O) groups is 1. The number of nitrogens with one attached hydrogen (secondary N) is 1. The maximum Gasteiger partial charge on any atom is 0.251 e. The highest BCUT2D eigenvalue weighted by Crippen LogP contribution is 2.25. The second kappa shape index (κ2) is 9.03. The van der Waals surface area contributed by atoms with Crippen LogP contribution in [0.5, 0.6) is 5.75 Å². The zero-order valence-electron chi connectivity index (χ0n) is 15.1. The Labute approximate surface area is 164 Å². The molecule has 0 aliphatic heterocycles. The normalized spacial score (nSPS) is 11.3. The van der Waals surface area contributed by atoms with Gasteiger partial charge in [-0.3, -0.25) is 4.79 Å². The van der Waals surface area contributed by atoms with Crippen molar-refractivity contribution in [3.8, 4) is 5.75 Å². The van der Waals surface area contributed by atoms with E-state index in [0.717, 1.165) is 0 Å². The third-order valence-corrected chi connectivity index (χ3v) is 5.93. The van der Waals surface area contributed by atoms with Crippen molar-refractivity contribution in [2.24, 2.45) is 0 Å². The van der Waals surface area contributed by atoms with Gasteiger partial charge in [-0.05, 0) is 42.5 Å². The lowest BCUT2D eigenvalue weighted by Gasteiger charge is -2.19. The van der Waals surface area contributed by atoms with Gasteiger partial charge in [0.25, 0.3) is 5.91 Å². The van der Waals surface area contributed by atoms with E-state index in [-0.39, 0.29) is 17.3 Å². The lowest BCUT2D eigenvalue weighted by atomic mass is 10.1. The van der Waals surface area contributed by atoms with E-state index in [1.165, 1.54) is 42.7 Å². The van der Waals surface area contributed by atoms with Crippen LogP contribution in [0.4, 0.5) is 0 Å². The fraction of sp³-hybridized carbons (Fsp3) is 0.211. The molecule has 8 heteroatoms. The number of rotatable bonds is 8. The highest BCUT2D eigenvalue weighted by molar-refractivity contribution is 7.89. The maximum atomic E-state index is 12.8. The summed E-state index contributed by atoms with van der Waals surface area (Å²) in [6.07, 6.45) is 1.58. The van der Waals surface area contributed by atoms with Crippen molar-refractivity contribution in [1.29, 1.82) is 0 Å². The minimum absolute atomic E-state index is 0.0384. The smallest absolute Gasteiger partial charge is 0.251 e. The summed E-state index contributed by atoms with van der Waals surface area (Å²) in [4.78, 5) is 12.3. The van der Waals surface area contributed by atoms with Gasteiger partial charge in [-0.25, -0.2) is 8.42 Å². The number of ether oxygens (including phenoxy) is 1. The molecule has 0 aliphatic carbocycles. The van der Waals surface area contributed by atoms with E-state index >= 15 is 0 Å². The van der Waals surface area contributed by atoms with Gasteiger partial charge >= 0.3 is 0 Å². The molecule has 144 valence electrons. The minimum Gasteiger partial charge on any atom is -0.496 e. The van der Waals surface area contributed by atoms with E-state index in [1.807, 2.05) is 0 Å². The first-order valence-electron chi connectivity index (χ1n) is 8.07. The van der Waals surface area contributed by atoms with Crippen LogP contribution in [0.1, 0.15) is 15.9 Å². The quantitative estimate of drug-likeness (QED) is 0.681. The van der Waals surface area contributed by atoms with Crippen molar-refractivity contribution in [2.45, 2.75) is 11.4 Å². The zero-order chi connectivity index (χ0) is 20.0. The van der Waals surface area contributed by atoms with Crippen molar-refractivity contribution in [2.75, 3.05) is 20.7 Å². The van der Waals surface area contributed by atoms with Crippen LogP contribution in [-0.4, -0.2) is 39.3 Å². The van der Waals surface area contributed by atoms with Crippen LogP contribution in [0, 0.1) is 0 Å². The van der Waals surface area contributed by atoms with E-state index in [4.69, 9.17) is 16.3 Å². The second-order valence-corrected chi connectivity index (χ2v) is 8.22. The molecular formula is C19H21ClN2O4S. The second-order valence-electron chi connectivity index (χ2n) is 5.74. The standard InChI is InChI=1S/C19H21ClN2O4S/c1-4-11-21-19(23)14-5-10-18(26-3)15(12-14)13-22(2)27(24,25)17-8-6-16(20)7-9-17/h4-10,12H,1,11,13H2,2-3H3,(H,21,23). The first-order valence-corrected chi connectivity index (χ1v) is 9.89. The van der Waals surface area contributed by atoms with Crippen LogP contribution >= 0.6 is 11.6 Å². The number of nitrogens with zero attached hydrogens (tertiary/aromatic N) is 1. The molecule has 0 unspecified atom stereocenters. The summed E-state index contributed by atoms with van der Waals surface area (Å²) in [5, 5.41) is 3.14. The van der Waals surface area contributed by atoms with Gasteiger partial charge < -0.3 is 10.1 Å². The predicted octanol–water partition coefficient (Wildman–Crippen LogP) is 3.09. The molecule has 2 rings (SSSR count). The number of methoxy groups -OCH3 is 1. The average molecular weight is 409 g/mol. The number of carbonyl (C=O) groups excluding carboxylic acids is 1. The molecule has 0 heterocycles. The Kier molecular flexibility index (Phi) is 7.01.